The number of imidazole rings is 1. The zero-order valence-electron chi connectivity index (χ0n) is 14.4. The van der Waals surface area contributed by atoms with E-state index in [1.165, 1.54) is 16.7 Å². The van der Waals surface area contributed by atoms with Gasteiger partial charge in [0.25, 0.3) is 5.56 Å². The summed E-state index contributed by atoms with van der Waals surface area (Å²) in [6.45, 7) is 1.55. The molecule has 1 aliphatic rings. The summed E-state index contributed by atoms with van der Waals surface area (Å²) in [6.07, 6.45) is 3.26. The van der Waals surface area contributed by atoms with Gasteiger partial charge in [0.15, 0.2) is 5.52 Å². The number of halogens is 1. The Labute approximate surface area is 149 Å². The van der Waals surface area contributed by atoms with Gasteiger partial charge in [0, 0.05) is 26.2 Å². The molecule has 3 heterocycles. The minimum absolute atomic E-state index is 0.188. The second-order valence-electron chi connectivity index (χ2n) is 6.36. The Morgan fingerprint density at radius 3 is 2.73 bits per heavy atom. The van der Waals surface area contributed by atoms with E-state index >= 15 is 0 Å². The fourth-order valence-electron chi connectivity index (χ4n) is 3.11. The highest BCUT2D eigenvalue weighted by Gasteiger charge is 2.23. The SMILES string of the molecule is Cn1c(OCc2ccc(F)cc2)nn2c(C3CCOCC3)ncc2c1=O. The second kappa shape index (κ2) is 6.87. The zero-order valence-corrected chi connectivity index (χ0v) is 14.4. The van der Waals surface area contributed by atoms with E-state index in [1.807, 2.05) is 0 Å². The molecule has 4 rings (SSSR count). The lowest BCUT2D eigenvalue weighted by Crippen LogP contribution is -2.25. The highest BCUT2D eigenvalue weighted by molar-refractivity contribution is 5.43. The van der Waals surface area contributed by atoms with Crippen LogP contribution in [-0.4, -0.2) is 32.4 Å². The van der Waals surface area contributed by atoms with Crippen LogP contribution in [0.1, 0.15) is 30.1 Å². The largest absolute Gasteiger partial charge is 0.459 e. The molecule has 0 aliphatic carbocycles. The lowest BCUT2D eigenvalue weighted by molar-refractivity contribution is 0.0832. The smallest absolute Gasteiger partial charge is 0.317 e. The Morgan fingerprint density at radius 2 is 2.00 bits per heavy atom. The highest BCUT2D eigenvalue weighted by atomic mass is 19.1. The first-order chi connectivity index (χ1) is 12.6. The van der Waals surface area contributed by atoms with Crippen molar-refractivity contribution in [2.45, 2.75) is 25.4 Å². The van der Waals surface area contributed by atoms with Crippen molar-refractivity contribution >= 4 is 5.52 Å². The molecule has 1 aliphatic heterocycles. The number of rotatable bonds is 4. The number of fused-ring (bicyclic) bond motifs is 1. The standard InChI is InChI=1S/C18H19FN4O3/c1-22-17(24)15-10-20-16(13-6-8-25-9-7-13)23(15)21-18(22)26-11-12-2-4-14(19)5-3-12/h2-5,10,13H,6-9,11H2,1H3. The molecule has 0 bridgehead atoms. The molecule has 0 radical (unpaired) electrons. The summed E-state index contributed by atoms with van der Waals surface area (Å²) in [5.41, 5.74) is 0.985. The molecule has 136 valence electrons. The third kappa shape index (κ3) is 3.08. The van der Waals surface area contributed by atoms with Crippen molar-refractivity contribution < 1.29 is 13.9 Å². The summed E-state index contributed by atoms with van der Waals surface area (Å²) in [4.78, 5) is 17.0. The van der Waals surface area contributed by atoms with Gasteiger partial charge in [0.2, 0.25) is 0 Å². The van der Waals surface area contributed by atoms with E-state index < -0.39 is 0 Å². The number of benzene rings is 1. The molecule has 1 aromatic carbocycles. The van der Waals surface area contributed by atoms with Crippen molar-refractivity contribution in [1.82, 2.24) is 19.2 Å². The average molecular weight is 358 g/mol. The molecule has 0 spiro atoms. The number of hydrogen-bond acceptors (Lipinski definition) is 5. The van der Waals surface area contributed by atoms with Gasteiger partial charge in [-0.05, 0) is 30.5 Å². The van der Waals surface area contributed by atoms with Crippen LogP contribution in [0.3, 0.4) is 0 Å². The van der Waals surface area contributed by atoms with Crippen LogP contribution in [0.25, 0.3) is 5.52 Å². The van der Waals surface area contributed by atoms with E-state index in [9.17, 15) is 9.18 Å². The topological polar surface area (TPSA) is 70.7 Å². The molecule has 8 heteroatoms. The molecule has 0 saturated carbocycles. The van der Waals surface area contributed by atoms with E-state index in [0.29, 0.717) is 18.7 Å². The van der Waals surface area contributed by atoms with Crippen molar-refractivity contribution in [1.29, 1.82) is 0 Å². The lowest BCUT2D eigenvalue weighted by Gasteiger charge is -2.20. The molecule has 0 atom stereocenters. The molecule has 0 unspecified atom stereocenters. The van der Waals surface area contributed by atoms with Crippen molar-refractivity contribution in [3.8, 4) is 6.01 Å². The molecule has 26 heavy (non-hydrogen) atoms. The Kier molecular flexibility index (Phi) is 4.42. The van der Waals surface area contributed by atoms with Crippen LogP contribution < -0.4 is 10.3 Å². The van der Waals surface area contributed by atoms with Crippen LogP contribution in [0.4, 0.5) is 4.39 Å². The van der Waals surface area contributed by atoms with Crippen molar-refractivity contribution in [2.75, 3.05) is 13.2 Å². The van der Waals surface area contributed by atoms with Crippen LogP contribution in [0.15, 0.2) is 35.3 Å². The fraction of sp³-hybridized carbons (Fsp3) is 0.389. The Morgan fingerprint density at radius 1 is 1.27 bits per heavy atom. The first-order valence-electron chi connectivity index (χ1n) is 8.53. The maximum absolute atomic E-state index is 13.0. The summed E-state index contributed by atoms with van der Waals surface area (Å²) in [5.74, 6) is 0.656. The maximum Gasteiger partial charge on any atom is 0.317 e. The molecule has 0 amide bonds. The monoisotopic (exact) mass is 358 g/mol. The van der Waals surface area contributed by atoms with Crippen LogP contribution >= 0.6 is 0 Å². The van der Waals surface area contributed by atoms with Gasteiger partial charge in [-0.25, -0.2) is 13.9 Å². The van der Waals surface area contributed by atoms with Crippen molar-refractivity contribution in [3.05, 3.63) is 58.0 Å². The predicted molar refractivity (Wildman–Crippen MR) is 91.8 cm³/mol. The van der Waals surface area contributed by atoms with E-state index in [2.05, 4.69) is 10.1 Å². The van der Waals surface area contributed by atoms with E-state index in [1.54, 1.807) is 29.9 Å². The lowest BCUT2D eigenvalue weighted by atomic mass is 10.00. The number of hydrogen-bond donors (Lipinski definition) is 0. The Bertz CT molecular complexity index is 975. The van der Waals surface area contributed by atoms with E-state index in [0.717, 1.165) is 24.2 Å². The Hall–Kier alpha value is -2.74. The molecule has 2 aromatic heterocycles. The first-order valence-corrected chi connectivity index (χ1v) is 8.53. The molecular formula is C18H19FN4O3. The van der Waals surface area contributed by atoms with Gasteiger partial charge in [0.1, 0.15) is 18.2 Å². The molecular weight excluding hydrogens is 339 g/mol. The molecule has 3 aromatic rings. The highest BCUT2D eigenvalue weighted by Crippen LogP contribution is 2.25. The first kappa shape index (κ1) is 16.7. The third-order valence-corrected chi connectivity index (χ3v) is 4.63. The van der Waals surface area contributed by atoms with Crippen LogP contribution in [0.2, 0.25) is 0 Å². The van der Waals surface area contributed by atoms with Gasteiger partial charge in [-0.15, -0.1) is 5.10 Å². The van der Waals surface area contributed by atoms with Gasteiger partial charge in [-0.3, -0.25) is 9.36 Å². The van der Waals surface area contributed by atoms with Gasteiger partial charge in [0.05, 0.1) is 6.20 Å². The number of ether oxygens (including phenoxy) is 2. The number of aromatic nitrogens is 4. The minimum Gasteiger partial charge on any atom is -0.459 e. The fourth-order valence-corrected chi connectivity index (χ4v) is 3.11. The van der Waals surface area contributed by atoms with Gasteiger partial charge in [-0.2, -0.15) is 0 Å². The predicted octanol–water partition coefficient (Wildman–Crippen LogP) is 2.04. The Balaban J connectivity index is 1.66. The third-order valence-electron chi connectivity index (χ3n) is 4.63. The quantitative estimate of drug-likeness (QED) is 0.714. The summed E-state index contributed by atoms with van der Waals surface area (Å²) >= 11 is 0. The summed E-state index contributed by atoms with van der Waals surface area (Å²) in [5, 5.41) is 4.48. The van der Waals surface area contributed by atoms with Crippen molar-refractivity contribution in [2.24, 2.45) is 7.05 Å². The maximum atomic E-state index is 13.0. The van der Waals surface area contributed by atoms with E-state index in [-0.39, 0.29) is 29.9 Å². The second-order valence-corrected chi connectivity index (χ2v) is 6.36. The summed E-state index contributed by atoms with van der Waals surface area (Å²) < 4.78 is 27.1. The summed E-state index contributed by atoms with van der Waals surface area (Å²) in [6, 6.07) is 6.20. The van der Waals surface area contributed by atoms with Gasteiger partial charge < -0.3 is 9.47 Å². The van der Waals surface area contributed by atoms with Gasteiger partial charge >= 0.3 is 6.01 Å². The summed E-state index contributed by atoms with van der Waals surface area (Å²) in [7, 11) is 1.61. The zero-order chi connectivity index (χ0) is 18.1. The molecule has 0 N–H and O–H groups in total. The van der Waals surface area contributed by atoms with Crippen LogP contribution in [-0.2, 0) is 18.4 Å². The minimum atomic E-state index is -0.305. The number of nitrogens with zero attached hydrogens (tertiary/aromatic N) is 4. The van der Waals surface area contributed by atoms with Crippen LogP contribution in [0.5, 0.6) is 6.01 Å². The molecule has 1 saturated heterocycles. The molecule has 1 fully saturated rings. The molecule has 7 nitrogen and oxygen atoms in total. The average Bonchev–Trinajstić information content (AvgIpc) is 3.09. The van der Waals surface area contributed by atoms with Crippen molar-refractivity contribution in [3.63, 3.8) is 0 Å². The normalized spacial score (nSPS) is 15.5. The van der Waals surface area contributed by atoms with Crippen LogP contribution in [0, 0.1) is 5.82 Å². The van der Waals surface area contributed by atoms with E-state index in [4.69, 9.17) is 9.47 Å². The van der Waals surface area contributed by atoms with Gasteiger partial charge in [-0.1, -0.05) is 12.1 Å².